The third kappa shape index (κ3) is 3.45. The number of fused-ring (bicyclic) bond motifs is 1. The Morgan fingerprint density at radius 3 is 2.85 bits per heavy atom. The number of rotatable bonds is 6. The summed E-state index contributed by atoms with van der Waals surface area (Å²) in [5.74, 6) is -0.404. The van der Waals surface area contributed by atoms with Crippen molar-refractivity contribution in [2.45, 2.75) is 20.0 Å². The molecule has 0 aliphatic heterocycles. The maximum Gasteiger partial charge on any atom is 0.336 e. The normalized spacial score (nSPS) is 10.9. The molecule has 1 heterocycles. The summed E-state index contributed by atoms with van der Waals surface area (Å²) >= 11 is 0. The van der Waals surface area contributed by atoms with Gasteiger partial charge in [0.25, 0.3) is 0 Å². The number of benzene rings is 1. The summed E-state index contributed by atoms with van der Waals surface area (Å²) in [6, 6.07) is 8.77. The minimum Gasteiger partial charge on any atom is -0.478 e. The van der Waals surface area contributed by atoms with Gasteiger partial charge < -0.3 is 15.2 Å². The van der Waals surface area contributed by atoms with Crippen molar-refractivity contribution < 1.29 is 14.6 Å². The van der Waals surface area contributed by atoms with Crippen molar-refractivity contribution >= 4 is 22.7 Å². The highest BCUT2D eigenvalue weighted by Crippen LogP contribution is 2.20. The monoisotopic (exact) mass is 274 g/mol. The fourth-order valence-corrected chi connectivity index (χ4v) is 1.92. The third-order valence-corrected chi connectivity index (χ3v) is 2.81. The topological polar surface area (TPSA) is 71.5 Å². The van der Waals surface area contributed by atoms with E-state index in [1.165, 1.54) is 0 Å². The molecule has 0 fully saturated rings. The maximum absolute atomic E-state index is 11.3. The molecule has 0 bridgehead atoms. The summed E-state index contributed by atoms with van der Waals surface area (Å²) in [6.07, 6.45) is 0.177. The number of aromatic carboxylic acids is 1. The molecular formula is C15H18N2O3. The van der Waals surface area contributed by atoms with Gasteiger partial charge in [-0.05, 0) is 26.0 Å². The lowest BCUT2D eigenvalue weighted by molar-refractivity contribution is 0.0699. The molecule has 1 aromatic heterocycles. The minimum atomic E-state index is -0.954. The molecule has 2 rings (SSSR count). The predicted octanol–water partition coefficient (Wildman–Crippen LogP) is 2.77. The Morgan fingerprint density at radius 1 is 1.40 bits per heavy atom. The Hall–Kier alpha value is -2.14. The van der Waals surface area contributed by atoms with Gasteiger partial charge in [0.2, 0.25) is 0 Å². The number of carboxylic acid groups (broad SMARTS) is 1. The fraction of sp³-hybridized carbons (Fsp3) is 0.333. The number of hydrogen-bond donors (Lipinski definition) is 2. The second-order valence-electron chi connectivity index (χ2n) is 4.72. The molecule has 0 saturated carbocycles. The van der Waals surface area contributed by atoms with Gasteiger partial charge in [0.15, 0.2) is 0 Å². The summed E-state index contributed by atoms with van der Waals surface area (Å²) < 4.78 is 5.42. The van der Waals surface area contributed by atoms with E-state index in [9.17, 15) is 9.90 Å². The van der Waals surface area contributed by atoms with E-state index < -0.39 is 5.97 Å². The number of carboxylic acids is 1. The van der Waals surface area contributed by atoms with E-state index in [-0.39, 0.29) is 11.7 Å². The van der Waals surface area contributed by atoms with Gasteiger partial charge in [-0.3, -0.25) is 0 Å². The second kappa shape index (κ2) is 6.34. The van der Waals surface area contributed by atoms with Gasteiger partial charge in [-0.25, -0.2) is 9.78 Å². The van der Waals surface area contributed by atoms with E-state index in [1.807, 2.05) is 19.9 Å². The first-order valence-corrected chi connectivity index (χ1v) is 6.56. The number of aromatic nitrogens is 1. The number of nitrogens with zero attached hydrogens (tertiary/aromatic N) is 1. The van der Waals surface area contributed by atoms with Crippen molar-refractivity contribution in [3.05, 3.63) is 35.9 Å². The molecule has 5 heteroatoms. The highest BCUT2D eigenvalue weighted by Gasteiger charge is 2.11. The third-order valence-electron chi connectivity index (χ3n) is 2.81. The zero-order valence-corrected chi connectivity index (χ0v) is 11.6. The molecule has 5 nitrogen and oxygen atoms in total. The van der Waals surface area contributed by atoms with Gasteiger partial charge in [-0.1, -0.05) is 18.2 Å². The minimum absolute atomic E-state index is 0.177. The first kappa shape index (κ1) is 14.3. The Morgan fingerprint density at radius 2 is 2.15 bits per heavy atom. The van der Waals surface area contributed by atoms with Crippen LogP contribution in [0.15, 0.2) is 30.3 Å². The lowest BCUT2D eigenvalue weighted by Gasteiger charge is -2.10. The first-order chi connectivity index (χ1) is 9.58. The molecule has 0 aliphatic carbocycles. The van der Waals surface area contributed by atoms with Gasteiger partial charge in [0, 0.05) is 11.9 Å². The molecule has 0 saturated heterocycles. The van der Waals surface area contributed by atoms with Crippen LogP contribution in [0.25, 0.3) is 10.9 Å². The average Bonchev–Trinajstić information content (AvgIpc) is 2.42. The summed E-state index contributed by atoms with van der Waals surface area (Å²) in [4.78, 5) is 15.7. The van der Waals surface area contributed by atoms with Crippen LogP contribution in [0.4, 0.5) is 5.82 Å². The van der Waals surface area contributed by atoms with Crippen molar-refractivity contribution in [1.82, 2.24) is 4.98 Å². The zero-order valence-electron chi connectivity index (χ0n) is 11.6. The molecule has 2 aromatic rings. The Bertz CT molecular complexity index is 611. The van der Waals surface area contributed by atoms with E-state index in [0.29, 0.717) is 29.9 Å². The van der Waals surface area contributed by atoms with Crippen LogP contribution in [0.1, 0.15) is 24.2 Å². The molecular weight excluding hydrogens is 256 g/mol. The van der Waals surface area contributed by atoms with Crippen molar-refractivity contribution in [2.75, 3.05) is 18.5 Å². The smallest absolute Gasteiger partial charge is 0.336 e. The number of anilines is 1. The van der Waals surface area contributed by atoms with Gasteiger partial charge in [-0.15, -0.1) is 0 Å². The molecule has 0 spiro atoms. The van der Waals surface area contributed by atoms with Crippen molar-refractivity contribution in [3.63, 3.8) is 0 Å². The number of nitrogens with one attached hydrogen (secondary N) is 1. The van der Waals surface area contributed by atoms with E-state index in [4.69, 9.17) is 4.74 Å². The average molecular weight is 274 g/mol. The van der Waals surface area contributed by atoms with Crippen molar-refractivity contribution in [3.8, 4) is 0 Å². The Kier molecular flexibility index (Phi) is 4.53. The zero-order chi connectivity index (χ0) is 14.5. The van der Waals surface area contributed by atoms with Crippen LogP contribution in [-0.4, -0.2) is 35.3 Å². The van der Waals surface area contributed by atoms with Crippen LogP contribution in [0, 0.1) is 0 Å². The summed E-state index contributed by atoms with van der Waals surface area (Å²) in [5.41, 5.74) is 0.919. The fourth-order valence-electron chi connectivity index (χ4n) is 1.92. The number of hydrogen-bond acceptors (Lipinski definition) is 4. The molecule has 106 valence electrons. The SMILES string of the molecule is CC(C)OCCNc1cc(C(=O)O)c2ccccc2n1. The number of carbonyl (C=O) groups is 1. The van der Waals surface area contributed by atoms with Crippen LogP contribution >= 0.6 is 0 Å². The van der Waals surface area contributed by atoms with Crippen molar-refractivity contribution in [2.24, 2.45) is 0 Å². The summed E-state index contributed by atoms with van der Waals surface area (Å²) in [7, 11) is 0. The molecule has 0 atom stereocenters. The van der Waals surface area contributed by atoms with Crippen LogP contribution in [-0.2, 0) is 4.74 Å². The number of para-hydroxylation sites is 1. The van der Waals surface area contributed by atoms with E-state index in [1.54, 1.807) is 24.3 Å². The van der Waals surface area contributed by atoms with Crippen molar-refractivity contribution in [1.29, 1.82) is 0 Å². The largest absolute Gasteiger partial charge is 0.478 e. The predicted molar refractivity (Wildman–Crippen MR) is 78.3 cm³/mol. The van der Waals surface area contributed by atoms with Crippen LogP contribution in [0.2, 0.25) is 0 Å². The lowest BCUT2D eigenvalue weighted by Crippen LogP contribution is -2.14. The van der Waals surface area contributed by atoms with E-state index >= 15 is 0 Å². The van der Waals surface area contributed by atoms with E-state index in [0.717, 1.165) is 0 Å². The van der Waals surface area contributed by atoms with Gasteiger partial charge in [-0.2, -0.15) is 0 Å². The van der Waals surface area contributed by atoms with Crippen LogP contribution in [0.3, 0.4) is 0 Å². The first-order valence-electron chi connectivity index (χ1n) is 6.56. The van der Waals surface area contributed by atoms with E-state index in [2.05, 4.69) is 10.3 Å². The highest BCUT2D eigenvalue weighted by molar-refractivity contribution is 6.03. The molecule has 20 heavy (non-hydrogen) atoms. The Labute approximate surface area is 117 Å². The maximum atomic E-state index is 11.3. The molecule has 1 aromatic carbocycles. The number of ether oxygens (including phenoxy) is 1. The van der Waals surface area contributed by atoms with Gasteiger partial charge >= 0.3 is 5.97 Å². The van der Waals surface area contributed by atoms with Crippen LogP contribution < -0.4 is 5.32 Å². The number of pyridine rings is 1. The molecule has 0 unspecified atom stereocenters. The van der Waals surface area contributed by atoms with Gasteiger partial charge in [0.05, 0.1) is 23.8 Å². The summed E-state index contributed by atoms with van der Waals surface area (Å²) in [5, 5.41) is 13.0. The quantitative estimate of drug-likeness (QED) is 0.792. The molecule has 0 radical (unpaired) electrons. The Balaban J connectivity index is 2.20. The second-order valence-corrected chi connectivity index (χ2v) is 4.72. The lowest BCUT2D eigenvalue weighted by atomic mass is 10.1. The summed E-state index contributed by atoms with van der Waals surface area (Å²) in [6.45, 7) is 5.07. The standard InChI is InChI=1S/C15H18N2O3/c1-10(2)20-8-7-16-14-9-12(15(18)19)11-5-3-4-6-13(11)17-14/h3-6,9-10H,7-8H2,1-2H3,(H,16,17)(H,18,19). The molecule has 2 N–H and O–H groups in total. The molecule has 0 amide bonds. The molecule has 0 aliphatic rings. The van der Waals surface area contributed by atoms with Crippen LogP contribution in [0.5, 0.6) is 0 Å². The van der Waals surface area contributed by atoms with Gasteiger partial charge in [0.1, 0.15) is 5.82 Å². The highest BCUT2D eigenvalue weighted by atomic mass is 16.5.